The van der Waals surface area contributed by atoms with Crippen LogP contribution in [0.5, 0.6) is 0 Å². The van der Waals surface area contributed by atoms with E-state index in [1.807, 2.05) is 0 Å². The number of nitrogens with one attached hydrogen (secondary N) is 1. The monoisotopic (exact) mass is 359 g/mol. The zero-order valence-electron chi connectivity index (χ0n) is 10.5. The molecule has 0 aliphatic rings. The van der Waals surface area contributed by atoms with Crippen LogP contribution in [-0.2, 0) is 0 Å². The van der Waals surface area contributed by atoms with Gasteiger partial charge in [-0.2, -0.15) is 8.75 Å². The van der Waals surface area contributed by atoms with Crippen molar-refractivity contribution >= 4 is 74.0 Å². The number of aryl methyl sites for hydroxylation is 1. The third kappa shape index (κ3) is 2.55. The second-order valence-corrected chi connectivity index (χ2v) is 6.47. The van der Waals surface area contributed by atoms with E-state index in [1.165, 1.54) is 6.07 Å². The Kier molecular flexibility index (Phi) is 3.70. The molecule has 0 aliphatic heterocycles. The number of halogens is 2. The molecule has 0 spiro atoms. The Bertz CT molecular complexity index is 860. The highest BCUT2D eigenvalue weighted by molar-refractivity contribution is 7.17. The summed E-state index contributed by atoms with van der Waals surface area (Å²) in [6.45, 7) is 1.71. The first-order valence-corrected chi connectivity index (χ1v) is 7.92. The number of carbonyl (C=O) groups is 1. The van der Waals surface area contributed by atoms with E-state index in [1.54, 1.807) is 6.92 Å². The molecule has 0 unspecified atom stereocenters. The van der Waals surface area contributed by atoms with Crippen LogP contribution >= 0.6 is 46.3 Å². The van der Waals surface area contributed by atoms with Crippen molar-refractivity contribution in [1.82, 2.24) is 13.7 Å². The lowest BCUT2D eigenvalue weighted by Crippen LogP contribution is -2.12. The summed E-state index contributed by atoms with van der Waals surface area (Å²) >= 11 is 14.3. The van der Waals surface area contributed by atoms with Gasteiger partial charge < -0.3 is 11.1 Å². The molecule has 0 bridgehead atoms. The summed E-state index contributed by atoms with van der Waals surface area (Å²) < 4.78 is 8.21. The molecule has 108 valence electrons. The van der Waals surface area contributed by atoms with Gasteiger partial charge in [0.05, 0.1) is 33.2 Å². The number of hydrogen-bond donors (Lipinski definition) is 2. The van der Waals surface area contributed by atoms with E-state index in [0.717, 1.165) is 23.1 Å². The fourth-order valence-corrected chi connectivity index (χ4v) is 3.68. The SMILES string of the molecule is Cc1nc(N)sc1C(=O)Nc1c(Cl)cc(Cl)c2nsnc12. The summed E-state index contributed by atoms with van der Waals surface area (Å²) in [4.78, 5) is 16.8. The molecule has 0 atom stereocenters. The average molecular weight is 360 g/mol. The maximum absolute atomic E-state index is 12.3. The number of hydrogen-bond acceptors (Lipinski definition) is 7. The predicted molar refractivity (Wildman–Crippen MR) is 86.7 cm³/mol. The van der Waals surface area contributed by atoms with E-state index in [0.29, 0.717) is 42.5 Å². The summed E-state index contributed by atoms with van der Waals surface area (Å²) in [5.74, 6) is -0.347. The van der Waals surface area contributed by atoms with E-state index < -0.39 is 0 Å². The molecule has 10 heteroatoms. The molecule has 0 saturated heterocycles. The smallest absolute Gasteiger partial charge is 0.267 e. The highest BCUT2D eigenvalue weighted by atomic mass is 35.5. The second-order valence-electron chi connectivity index (χ2n) is 4.10. The number of rotatable bonds is 2. The van der Waals surface area contributed by atoms with E-state index in [-0.39, 0.29) is 5.91 Å². The molecule has 6 nitrogen and oxygen atoms in total. The van der Waals surface area contributed by atoms with Gasteiger partial charge in [-0.15, -0.1) is 0 Å². The molecular formula is C11H7Cl2N5OS2. The minimum Gasteiger partial charge on any atom is -0.375 e. The van der Waals surface area contributed by atoms with Gasteiger partial charge in [0.1, 0.15) is 15.9 Å². The molecule has 0 saturated carbocycles. The summed E-state index contributed by atoms with van der Waals surface area (Å²) in [5, 5.41) is 3.74. The van der Waals surface area contributed by atoms with E-state index >= 15 is 0 Å². The zero-order valence-corrected chi connectivity index (χ0v) is 13.6. The maximum atomic E-state index is 12.3. The van der Waals surface area contributed by atoms with Crippen LogP contribution in [-0.4, -0.2) is 19.6 Å². The summed E-state index contributed by atoms with van der Waals surface area (Å²) in [6, 6.07) is 1.52. The first kappa shape index (κ1) is 14.5. The lowest BCUT2D eigenvalue weighted by molar-refractivity contribution is 0.103. The highest BCUT2D eigenvalue weighted by Crippen LogP contribution is 2.35. The number of nitrogens with two attached hydrogens (primary N) is 1. The predicted octanol–water partition coefficient (Wildman–Crippen LogP) is 3.60. The molecule has 0 aliphatic carbocycles. The summed E-state index contributed by atoms with van der Waals surface area (Å²) in [7, 11) is 0. The number of aromatic nitrogens is 3. The van der Waals surface area contributed by atoms with Gasteiger partial charge in [0, 0.05) is 0 Å². The van der Waals surface area contributed by atoms with Crippen LogP contribution in [0.3, 0.4) is 0 Å². The maximum Gasteiger partial charge on any atom is 0.267 e. The lowest BCUT2D eigenvalue weighted by atomic mass is 10.2. The molecule has 1 amide bonds. The summed E-state index contributed by atoms with van der Waals surface area (Å²) in [6.07, 6.45) is 0. The average Bonchev–Trinajstić information content (AvgIpc) is 3.01. The minimum absolute atomic E-state index is 0.295. The molecule has 0 fully saturated rings. The highest BCUT2D eigenvalue weighted by Gasteiger charge is 2.19. The fraction of sp³-hybridized carbons (Fsp3) is 0.0909. The van der Waals surface area contributed by atoms with Crippen LogP contribution < -0.4 is 11.1 Å². The molecule has 2 heterocycles. The van der Waals surface area contributed by atoms with Gasteiger partial charge in [-0.25, -0.2) is 4.98 Å². The Morgan fingerprint density at radius 1 is 1.29 bits per heavy atom. The number of nitrogens with zero attached hydrogens (tertiary/aromatic N) is 3. The molecular weight excluding hydrogens is 353 g/mol. The van der Waals surface area contributed by atoms with Crippen LogP contribution in [0.4, 0.5) is 10.8 Å². The van der Waals surface area contributed by atoms with Gasteiger partial charge in [0.15, 0.2) is 5.13 Å². The van der Waals surface area contributed by atoms with Crippen LogP contribution in [0.25, 0.3) is 11.0 Å². The van der Waals surface area contributed by atoms with E-state index in [4.69, 9.17) is 28.9 Å². The second kappa shape index (κ2) is 5.38. The molecule has 2 aromatic heterocycles. The first-order chi connectivity index (χ1) is 9.97. The van der Waals surface area contributed by atoms with Crippen molar-refractivity contribution < 1.29 is 4.79 Å². The van der Waals surface area contributed by atoms with Crippen molar-refractivity contribution in [1.29, 1.82) is 0 Å². The topological polar surface area (TPSA) is 93.8 Å². The van der Waals surface area contributed by atoms with E-state index in [9.17, 15) is 4.79 Å². The lowest BCUT2D eigenvalue weighted by Gasteiger charge is -2.07. The van der Waals surface area contributed by atoms with Gasteiger partial charge >= 0.3 is 0 Å². The van der Waals surface area contributed by atoms with Gasteiger partial charge in [-0.1, -0.05) is 34.5 Å². The quantitative estimate of drug-likeness (QED) is 0.728. The molecule has 0 radical (unpaired) electrons. The van der Waals surface area contributed by atoms with E-state index in [2.05, 4.69) is 19.0 Å². The van der Waals surface area contributed by atoms with Gasteiger partial charge in [-0.05, 0) is 13.0 Å². The Morgan fingerprint density at radius 2 is 2.00 bits per heavy atom. The van der Waals surface area contributed by atoms with Crippen LogP contribution in [0.2, 0.25) is 10.0 Å². The molecule has 3 aromatic rings. The van der Waals surface area contributed by atoms with Crippen molar-refractivity contribution in [2.45, 2.75) is 6.92 Å². The Hall–Kier alpha value is -1.48. The Labute approximate surface area is 137 Å². The number of benzene rings is 1. The van der Waals surface area contributed by atoms with Crippen molar-refractivity contribution in [3.63, 3.8) is 0 Å². The van der Waals surface area contributed by atoms with Crippen molar-refractivity contribution in [3.05, 3.63) is 26.7 Å². The minimum atomic E-state index is -0.347. The Balaban J connectivity index is 2.04. The normalized spacial score (nSPS) is 11.0. The van der Waals surface area contributed by atoms with Crippen molar-refractivity contribution in [3.8, 4) is 0 Å². The fourth-order valence-electron chi connectivity index (χ4n) is 1.79. The number of nitrogen functional groups attached to an aromatic ring is 1. The molecule has 3 N–H and O–H groups in total. The summed E-state index contributed by atoms with van der Waals surface area (Å²) in [5.41, 5.74) is 7.50. The zero-order chi connectivity index (χ0) is 15.1. The molecule has 21 heavy (non-hydrogen) atoms. The van der Waals surface area contributed by atoms with Crippen LogP contribution in [0.15, 0.2) is 6.07 Å². The molecule has 3 rings (SSSR count). The molecule has 1 aromatic carbocycles. The van der Waals surface area contributed by atoms with Gasteiger partial charge in [0.25, 0.3) is 5.91 Å². The van der Waals surface area contributed by atoms with Gasteiger partial charge in [0.2, 0.25) is 0 Å². The Morgan fingerprint density at radius 3 is 2.67 bits per heavy atom. The van der Waals surface area contributed by atoms with Crippen molar-refractivity contribution in [2.24, 2.45) is 0 Å². The third-order valence-corrected chi connectivity index (χ3v) is 4.80. The first-order valence-electron chi connectivity index (χ1n) is 5.62. The van der Waals surface area contributed by atoms with Crippen LogP contribution in [0, 0.1) is 6.92 Å². The van der Waals surface area contributed by atoms with Crippen molar-refractivity contribution in [2.75, 3.05) is 11.1 Å². The standard InChI is InChI=1S/C11H7Cl2N5OS2/c1-3-9(20-11(14)15-3)10(19)16-6-4(12)2-5(13)7-8(6)18-21-17-7/h2H,1H3,(H2,14,15)(H,16,19). The number of carbonyl (C=O) groups excluding carboxylic acids is 1. The number of thiazole rings is 1. The van der Waals surface area contributed by atoms with Gasteiger partial charge in [-0.3, -0.25) is 4.79 Å². The number of fused-ring (bicyclic) bond motifs is 1. The number of amides is 1. The largest absolute Gasteiger partial charge is 0.375 e. The van der Waals surface area contributed by atoms with Crippen LogP contribution in [0.1, 0.15) is 15.4 Å². The third-order valence-electron chi connectivity index (χ3n) is 2.70. The number of anilines is 2.